The Hall–Kier alpha value is -1.47. The number of hydrogen-bond acceptors (Lipinski definition) is 5. The number of methoxy groups -OCH3 is 2. The van der Waals surface area contributed by atoms with Gasteiger partial charge in [-0.2, -0.15) is 0 Å². The number of halogens is 1. The molecule has 0 radical (unpaired) electrons. The van der Waals surface area contributed by atoms with E-state index < -0.39 is 15.9 Å². The molecule has 1 aliphatic rings. The first kappa shape index (κ1) is 16.9. The highest BCUT2D eigenvalue weighted by Crippen LogP contribution is 2.34. The molecule has 1 aliphatic heterocycles. The molecule has 22 heavy (non-hydrogen) atoms. The van der Waals surface area contributed by atoms with E-state index in [2.05, 4.69) is 0 Å². The molecule has 0 bridgehead atoms. The van der Waals surface area contributed by atoms with E-state index in [0.717, 1.165) is 0 Å². The highest BCUT2D eigenvalue weighted by molar-refractivity contribution is 7.91. The molecule has 0 unspecified atom stereocenters. The van der Waals surface area contributed by atoms with Crippen molar-refractivity contribution in [3.05, 3.63) is 18.2 Å². The molecule has 122 valence electrons. The van der Waals surface area contributed by atoms with Crippen LogP contribution in [0.25, 0.3) is 0 Å². The Kier molecular flexibility index (Phi) is 5.18. The van der Waals surface area contributed by atoms with Gasteiger partial charge in [0.25, 0.3) is 0 Å². The summed E-state index contributed by atoms with van der Waals surface area (Å²) >= 11 is 5.68. The molecule has 1 saturated heterocycles. The van der Waals surface area contributed by atoms with Gasteiger partial charge in [0.1, 0.15) is 5.88 Å². The molecule has 0 aliphatic carbocycles. The van der Waals surface area contributed by atoms with Crippen molar-refractivity contribution in [1.29, 1.82) is 0 Å². The second-order valence-electron chi connectivity index (χ2n) is 4.99. The fraction of sp³-hybridized carbons (Fsp3) is 0.500. The number of hydrogen-bond donors (Lipinski definition) is 0. The molecule has 8 heteroatoms. The van der Waals surface area contributed by atoms with Crippen molar-refractivity contribution in [2.75, 3.05) is 36.5 Å². The maximum atomic E-state index is 12.2. The first-order valence-corrected chi connectivity index (χ1v) is 9.08. The first-order valence-electron chi connectivity index (χ1n) is 6.72. The molecular formula is C14H18ClNO5S. The summed E-state index contributed by atoms with van der Waals surface area (Å²) in [4.78, 5) is 13.6. The third-order valence-electron chi connectivity index (χ3n) is 3.60. The third-order valence-corrected chi connectivity index (χ3v) is 5.58. The Bertz CT molecular complexity index is 661. The summed E-state index contributed by atoms with van der Waals surface area (Å²) in [6.07, 6.45) is 0.402. The van der Waals surface area contributed by atoms with Crippen molar-refractivity contribution < 1.29 is 22.7 Å². The quantitative estimate of drug-likeness (QED) is 0.754. The Balaban J connectivity index is 2.40. The molecule has 6 nitrogen and oxygen atoms in total. The number of ether oxygens (including phenoxy) is 2. The van der Waals surface area contributed by atoms with Gasteiger partial charge in [-0.1, -0.05) is 0 Å². The minimum absolute atomic E-state index is 0.0516. The Morgan fingerprint density at radius 2 is 2.00 bits per heavy atom. The normalized spacial score (nSPS) is 19.7. The maximum absolute atomic E-state index is 12.2. The molecule has 1 aromatic rings. The van der Waals surface area contributed by atoms with Gasteiger partial charge in [-0.15, -0.1) is 11.6 Å². The standard InChI is InChI=1S/C14H18ClNO5S/c1-20-12-4-3-10(7-13(12)21-2)16(14(17)8-15)11-5-6-22(18,19)9-11/h3-4,7,11H,5-6,8-9H2,1-2H3/t11-/m0/s1. The second kappa shape index (κ2) is 6.75. The Morgan fingerprint density at radius 3 is 2.50 bits per heavy atom. The maximum Gasteiger partial charge on any atom is 0.242 e. The highest BCUT2D eigenvalue weighted by Gasteiger charge is 2.35. The highest BCUT2D eigenvalue weighted by atomic mass is 35.5. The molecule has 1 atom stereocenters. The van der Waals surface area contributed by atoms with Gasteiger partial charge in [-0.25, -0.2) is 8.42 Å². The van der Waals surface area contributed by atoms with Gasteiger partial charge in [-0.3, -0.25) is 4.79 Å². The van der Waals surface area contributed by atoms with Crippen LogP contribution in [0.2, 0.25) is 0 Å². The summed E-state index contributed by atoms with van der Waals surface area (Å²) in [5, 5.41) is 0. The zero-order chi connectivity index (χ0) is 16.3. The minimum atomic E-state index is -3.11. The van der Waals surface area contributed by atoms with Gasteiger partial charge < -0.3 is 14.4 Å². The van der Waals surface area contributed by atoms with Crippen LogP contribution in [0.4, 0.5) is 5.69 Å². The van der Waals surface area contributed by atoms with Gasteiger partial charge in [0.2, 0.25) is 5.91 Å². The van der Waals surface area contributed by atoms with Crippen molar-refractivity contribution in [3.63, 3.8) is 0 Å². The smallest absolute Gasteiger partial charge is 0.242 e. The topological polar surface area (TPSA) is 72.9 Å². The lowest BCUT2D eigenvalue weighted by Gasteiger charge is -2.28. The van der Waals surface area contributed by atoms with Crippen molar-refractivity contribution in [1.82, 2.24) is 0 Å². The van der Waals surface area contributed by atoms with Crippen LogP contribution in [-0.4, -0.2) is 52.0 Å². The van der Waals surface area contributed by atoms with Gasteiger partial charge in [0.15, 0.2) is 21.3 Å². The number of nitrogens with zero attached hydrogens (tertiary/aromatic N) is 1. The van der Waals surface area contributed by atoms with Crippen molar-refractivity contribution in [3.8, 4) is 11.5 Å². The van der Waals surface area contributed by atoms with E-state index in [0.29, 0.717) is 23.6 Å². The van der Waals surface area contributed by atoms with Gasteiger partial charge >= 0.3 is 0 Å². The van der Waals surface area contributed by atoms with Gasteiger partial charge in [0.05, 0.1) is 31.8 Å². The van der Waals surface area contributed by atoms with Crippen LogP contribution in [-0.2, 0) is 14.6 Å². The number of carbonyl (C=O) groups is 1. The molecule has 0 N–H and O–H groups in total. The zero-order valence-corrected chi connectivity index (χ0v) is 14.0. The number of benzene rings is 1. The molecule has 0 saturated carbocycles. The van der Waals surface area contributed by atoms with E-state index in [1.807, 2.05) is 0 Å². The SMILES string of the molecule is COc1ccc(N(C(=O)CCl)[C@H]2CCS(=O)(=O)C2)cc1OC. The fourth-order valence-corrected chi connectivity index (χ4v) is 4.41. The van der Waals surface area contributed by atoms with E-state index in [1.165, 1.54) is 19.1 Å². The number of amides is 1. The predicted molar refractivity (Wildman–Crippen MR) is 84.8 cm³/mol. The van der Waals surface area contributed by atoms with Gasteiger partial charge in [-0.05, 0) is 18.6 Å². The predicted octanol–water partition coefficient (Wildman–Crippen LogP) is 1.46. The van der Waals surface area contributed by atoms with Crippen molar-refractivity contribution in [2.45, 2.75) is 12.5 Å². The average Bonchev–Trinajstić information content (AvgIpc) is 2.86. The van der Waals surface area contributed by atoms with E-state index in [4.69, 9.17) is 21.1 Å². The molecule has 2 rings (SSSR count). The lowest BCUT2D eigenvalue weighted by atomic mass is 10.1. The van der Waals surface area contributed by atoms with Crippen LogP contribution in [0.15, 0.2) is 18.2 Å². The van der Waals surface area contributed by atoms with Gasteiger partial charge in [0, 0.05) is 11.8 Å². The molecule has 0 aromatic heterocycles. The average molecular weight is 348 g/mol. The van der Waals surface area contributed by atoms with E-state index in [1.54, 1.807) is 18.2 Å². The summed E-state index contributed by atoms with van der Waals surface area (Å²) in [6.45, 7) is 0. The fourth-order valence-electron chi connectivity index (χ4n) is 2.58. The summed E-state index contributed by atoms with van der Waals surface area (Å²) in [5.74, 6) is 0.471. The molecule has 1 fully saturated rings. The van der Waals surface area contributed by atoms with Crippen LogP contribution in [0.1, 0.15) is 6.42 Å². The summed E-state index contributed by atoms with van der Waals surface area (Å²) in [5.41, 5.74) is 0.547. The zero-order valence-electron chi connectivity index (χ0n) is 12.4. The summed E-state index contributed by atoms with van der Waals surface area (Å²) < 4.78 is 33.8. The van der Waals surface area contributed by atoms with Crippen LogP contribution >= 0.6 is 11.6 Å². The Morgan fingerprint density at radius 1 is 1.32 bits per heavy atom. The summed E-state index contributed by atoms with van der Waals surface area (Å²) in [6, 6.07) is 4.60. The minimum Gasteiger partial charge on any atom is -0.493 e. The Labute approximate surface area is 134 Å². The molecular weight excluding hydrogens is 330 g/mol. The summed E-state index contributed by atoms with van der Waals surface area (Å²) in [7, 11) is -0.0996. The van der Waals surface area contributed by atoms with E-state index in [-0.39, 0.29) is 23.3 Å². The lowest BCUT2D eigenvalue weighted by Crippen LogP contribution is -2.42. The van der Waals surface area contributed by atoms with Crippen LogP contribution in [0.5, 0.6) is 11.5 Å². The second-order valence-corrected chi connectivity index (χ2v) is 7.49. The number of sulfone groups is 1. The van der Waals surface area contributed by atoms with Crippen molar-refractivity contribution >= 4 is 33.0 Å². The number of carbonyl (C=O) groups excluding carboxylic acids is 1. The molecule has 0 spiro atoms. The van der Waals surface area contributed by atoms with E-state index >= 15 is 0 Å². The molecule has 1 aromatic carbocycles. The lowest BCUT2D eigenvalue weighted by molar-refractivity contribution is -0.116. The monoisotopic (exact) mass is 347 g/mol. The largest absolute Gasteiger partial charge is 0.493 e. The third kappa shape index (κ3) is 3.47. The molecule has 1 amide bonds. The van der Waals surface area contributed by atoms with E-state index in [9.17, 15) is 13.2 Å². The van der Waals surface area contributed by atoms with Crippen LogP contribution in [0.3, 0.4) is 0 Å². The first-order chi connectivity index (χ1) is 10.4. The van der Waals surface area contributed by atoms with Crippen molar-refractivity contribution in [2.24, 2.45) is 0 Å². The number of alkyl halides is 1. The number of anilines is 1. The molecule has 1 heterocycles. The van der Waals surface area contributed by atoms with Crippen LogP contribution < -0.4 is 14.4 Å². The number of rotatable bonds is 5. The van der Waals surface area contributed by atoms with Crippen LogP contribution in [0, 0.1) is 0 Å².